The summed E-state index contributed by atoms with van der Waals surface area (Å²) in [6, 6.07) is 28.0. The van der Waals surface area contributed by atoms with Gasteiger partial charge < -0.3 is 10.0 Å². The molecule has 0 spiro atoms. The van der Waals surface area contributed by atoms with Crippen LogP contribution in [0.4, 0.5) is 0 Å². The molecule has 0 bridgehead atoms. The van der Waals surface area contributed by atoms with Crippen molar-refractivity contribution in [2.75, 3.05) is 26.2 Å². The molecular formula is C40H41N7O3S. The number of aliphatic hydroxyl groups is 1. The van der Waals surface area contributed by atoms with Crippen molar-refractivity contribution >= 4 is 22.8 Å². The van der Waals surface area contributed by atoms with E-state index in [2.05, 4.69) is 38.2 Å². The summed E-state index contributed by atoms with van der Waals surface area (Å²) >= 11 is 1.70. The summed E-state index contributed by atoms with van der Waals surface area (Å²) in [6.07, 6.45) is 6.91. The zero-order valence-corrected chi connectivity index (χ0v) is 29.5. The fourth-order valence-electron chi connectivity index (χ4n) is 7.65. The molecule has 1 amide bonds. The van der Waals surface area contributed by atoms with E-state index >= 15 is 0 Å². The lowest BCUT2D eigenvalue weighted by molar-refractivity contribution is -0.142. The van der Waals surface area contributed by atoms with Crippen LogP contribution in [0.3, 0.4) is 0 Å². The van der Waals surface area contributed by atoms with Gasteiger partial charge in [-0.2, -0.15) is 5.10 Å². The number of thiazole rings is 1. The highest BCUT2D eigenvalue weighted by atomic mass is 32.1. The van der Waals surface area contributed by atoms with Gasteiger partial charge in [0, 0.05) is 72.1 Å². The Hall–Kier alpha value is -4.97. The molecule has 0 radical (unpaired) electrons. The third-order valence-corrected chi connectivity index (χ3v) is 11.5. The van der Waals surface area contributed by atoms with Gasteiger partial charge in [-0.1, -0.05) is 60.7 Å². The molecule has 4 aromatic heterocycles. The molecule has 2 saturated heterocycles. The Kier molecular flexibility index (Phi) is 9.10. The van der Waals surface area contributed by atoms with Crippen molar-refractivity contribution in [1.82, 2.24) is 33.9 Å². The molecule has 6 aromatic rings. The van der Waals surface area contributed by atoms with Gasteiger partial charge >= 0.3 is 0 Å². The fraction of sp³-hybridized carbons (Fsp3) is 0.325. The summed E-state index contributed by atoms with van der Waals surface area (Å²) in [7, 11) is 0. The molecule has 0 unspecified atom stereocenters. The van der Waals surface area contributed by atoms with Crippen LogP contribution >= 0.6 is 11.3 Å². The van der Waals surface area contributed by atoms with E-state index in [1.165, 1.54) is 21.3 Å². The second-order valence-corrected chi connectivity index (χ2v) is 15.1. The molecule has 6 heterocycles. The van der Waals surface area contributed by atoms with Crippen LogP contribution < -0.4 is 5.56 Å². The monoisotopic (exact) mass is 699 g/mol. The van der Waals surface area contributed by atoms with Gasteiger partial charge in [-0.05, 0) is 62.6 Å². The maximum atomic E-state index is 14.2. The second-order valence-electron chi connectivity index (χ2n) is 14.0. The predicted octanol–water partition coefficient (Wildman–Crippen LogP) is 5.65. The van der Waals surface area contributed by atoms with Crippen LogP contribution in [-0.2, 0) is 17.9 Å². The highest BCUT2D eigenvalue weighted by Gasteiger charge is 2.41. The summed E-state index contributed by atoms with van der Waals surface area (Å²) in [5, 5.41) is 17.2. The van der Waals surface area contributed by atoms with Gasteiger partial charge in [-0.15, -0.1) is 11.3 Å². The van der Waals surface area contributed by atoms with Gasteiger partial charge in [-0.3, -0.25) is 24.0 Å². The van der Waals surface area contributed by atoms with Crippen molar-refractivity contribution in [3.05, 3.63) is 130 Å². The van der Waals surface area contributed by atoms with Crippen LogP contribution in [0.2, 0.25) is 0 Å². The second kappa shape index (κ2) is 14.0. The van der Waals surface area contributed by atoms with Crippen LogP contribution in [0.1, 0.15) is 41.3 Å². The van der Waals surface area contributed by atoms with Gasteiger partial charge in [0.2, 0.25) is 5.91 Å². The first-order valence-corrected chi connectivity index (χ1v) is 18.4. The first kappa shape index (κ1) is 33.2. The molecule has 51 heavy (non-hydrogen) atoms. The topological polar surface area (TPSA) is 109 Å². The maximum Gasteiger partial charge on any atom is 0.277 e. The molecule has 2 fully saturated rings. The molecule has 10 nitrogen and oxygen atoms in total. The molecule has 260 valence electrons. The van der Waals surface area contributed by atoms with Crippen molar-refractivity contribution in [2.24, 2.45) is 5.92 Å². The highest BCUT2D eigenvalue weighted by molar-refractivity contribution is 7.15. The van der Waals surface area contributed by atoms with Gasteiger partial charge in [-0.25, -0.2) is 9.50 Å². The molecule has 2 aliphatic heterocycles. The molecule has 8 rings (SSSR count). The van der Waals surface area contributed by atoms with E-state index in [0.717, 1.165) is 53.6 Å². The number of carbonyl (C=O) groups is 1. The number of hydrogen-bond donors (Lipinski definition) is 1. The number of rotatable bonds is 8. The zero-order valence-electron chi connectivity index (χ0n) is 28.6. The molecule has 0 saturated carbocycles. The standard InChI is InChI=1S/C40H41N7O3S/c1-28-12-13-31(22-41-28)37-42-23-32(51-37)24-44-19-16-33(34(25-44)29-8-4-2-5-9-29)38(48)45-20-17-40(50,18-21-45)26-46-27-43-47-35(14-15-36(47)39(46)49)30-10-6-3-7-11-30/h2-15,22-23,27,33-34,50H,16-21,24-26H2,1H3/t33-,34+/m1/s1. The number of benzene rings is 2. The first-order chi connectivity index (χ1) is 24.8. The van der Waals surface area contributed by atoms with Gasteiger partial charge in [0.05, 0.1) is 17.8 Å². The summed E-state index contributed by atoms with van der Waals surface area (Å²) in [4.78, 5) is 42.4. The summed E-state index contributed by atoms with van der Waals surface area (Å²) in [5.74, 6) is 0.0634. The van der Waals surface area contributed by atoms with E-state index in [-0.39, 0.29) is 29.8 Å². The number of hydrogen-bond acceptors (Lipinski definition) is 8. The van der Waals surface area contributed by atoms with E-state index in [0.29, 0.717) is 31.4 Å². The van der Waals surface area contributed by atoms with Crippen LogP contribution in [0.15, 0.2) is 108 Å². The largest absolute Gasteiger partial charge is 0.388 e. The van der Waals surface area contributed by atoms with Crippen molar-refractivity contribution in [2.45, 2.75) is 50.8 Å². The van der Waals surface area contributed by atoms with E-state index < -0.39 is 5.60 Å². The normalized spacial score (nSPS) is 19.4. The quantitative estimate of drug-likeness (QED) is 0.219. The molecule has 2 aromatic carbocycles. The van der Waals surface area contributed by atoms with Gasteiger partial charge in [0.1, 0.15) is 16.9 Å². The fourth-order valence-corrected chi connectivity index (χ4v) is 8.59. The van der Waals surface area contributed by atoms with Crippen LogP contribution in [-0.4, -0.2) is 76.7 Å². The Morgan fingerprint density at radius 2 is 1.67 bits per heavy atom. The number of likely N-dealkylation sites (tertiary alicyclic amines) is 2. The molecule has 1 N–H and O–H groups in total. The van der Waals surface area contributed by atoms with Crippen molar-refractivity contribution in [1.29, 1.82) is 0 Å². The lowest BCUT2D eigenvalue weighted by Gasteiger charge is -2.43. The third-order valence-electron chi connectivity index (χ3n) is 10.5. The van der Waals surface area contributed by atoms with Crippen LogP contribution in [0, 0.1) is 12.8 Å². The zero-order chi connectivity index (χ0) is 35.0. The lowest BCUT2D eigenvalue weighted by atomic mass is 9.79. The maximum absolute atomic E-state index is 14.2. The number of aromatic nitrogens is 5. The number of piperidine rings is 2. The van der Waals surface area contributed by atoms with E-state index in [1.54, 1.807) is 21.9 Å². The number of amides is 1. The Morgan fingerprint density at radius 3 is 2.41 bits per heavy atom. The van der Waals surface area contributed by atoms with Gasteiger partial charge in [0.25, 0.3) is 5.56 Å². The molecular weight excluding hydrogens is 659 g/mol. The molecule has 2 aliphatic rings. The van der Waals surface area contributed by atoms with Crippen molar-refractivity contribution < 1.29 is 9.90 Å². The number of carbonyl (C=O) groups excluding carboxylic acids is 1. The summed E-state index contributed by atoms with van der Waals surface area (Å²) in [5.41, 5.74) is 4.16. The Morgan fingerprint density at radius 1 is 0.902 bits per heavy atom. The molecule has 11 heteroatoms. The van der Waals surface area contributed by atoms with Crippen molar-refractivity contribution in [3.8, 4) is 21.8 Å². The third kappa shape index (κ3) is 6.89. The Labute approximate surface area is 300 Å². The average Bonchev–Trinajstić information content (AvgIpc) is 3.82. The van der Waals surface area contributed by atoms with Crippen LogP contribution in [0.5, 0.6) is 0 Å². The molecule has 2 atom stereocenters. The SMILES string of the molecule is Cc1ccc(-c2ncc(CN3CC[C@@H](C(=O)N4CCC(O)(Cn5cnn6c(-c7ccccc7)ccc6c5=O)CC4)[C@H](c4ccccc4)C3)s2)cn1. The van der Waals surface area contributed by atoms with Gasteiger partial charge in [0.15, 0.2) is 0 Å². The molecule has 0 aliphatic carbocycles. The number of aryl methyl sites for hydroxylation is 1. The predicted molar refractivity (Wildman–Crippen MR) is 198 cm³/mol. The van der Waals surface area contributed by atoms with E-state index in [1.807, 2.05) is 84.9 Å². The summed E-state index contributed by atoms with van der Waals surface area (Å²) in [6.45, 7) is 5.39. The Bertz CT molecular complexity index is 2190. The van der Waals surface area contributed by atoms with Crippen LogP contribution in [0.25, 0.3) is 27.3 Å². The highest BCUT2D eigenvalue weighted by Crippen LogP contribution is 2.37. The minimum Gasteiger partial charge on any atom is -0.388 e. The van der Waals surface area contributed by atoms with Crippen molar-refractivity contribution in [3.63, 3.8) is 0 Å². The Balaban J connectivity index is 0.929. The lowest BCUT2D eigenvalue weighted by Crippen LogP contribution is -2.53. The first-order valence-electron chi connectivity index (χ1n) is 17.6. The van der Waals surface area contributed by atoms with E-state index in [4.69, 9.17) is 0 Å². The minimum atomic E-state index is -1.11. The minimum absolute atomic E-state index is 0.0566. The summed E-state index contributed by atoms with van der Waals surface area (Å²) < 4.78 is 3.16. The number of pyridine rings is 1. The average molecular weight is 700 g/mol. The van der Waals surface area contributed by atoms with E-state index in [9.17, 15) is 14.7 Å². The smallest absolute Gasteiger partial charge is 0.277 e. The number of fused-ring (bicyclic) bond motifs is 1. The number of nitrogens with zero attached hydrogens (tertiary/aromatic N) is 7.